The zero-order valence-electron chi connectivity index (χ0n) is 14.0. The maximum Gasteiger partial charge on any atom is 0.336 e. The van der Waals surface area contributed by atoms with Gasteiger partial charge in [-0.15, -0.1) is 0 Å². The smallest absolute Gasteiger partial charge is 0.336 e. The topological polar surface area (TPSA) is 52.6 Å². The predicted octanol–water partition coefficient (Wildman–Crippen LogP) is 4.16. The highest BCUT2D eigenvalue weighted by molar-refractivity contribution is 5.88. The second-order valence-corrected chi connectivity index (χ2v) is 6.61. The lowest BCUT2D eigenvalue weighted by molar-refractivity contribution is -0.183. The van der Waals surface area contributed by atoms with Crippen molar-refractivity contribution in [1.82, 2.24) is 0 Å². The van der Waals surface area contributed by atoms with Crippen LogP contribution >= 0.6 is 0 Å². The van der Waals surface area contributed by atoms with Crippen molar-refractivity contribution in [3.63, 3.8) is 0 Å². The van der Waals surface area contributed by atoms with Crippen molar-refractivity contribution < 1.29 is 19.1 Å². The van der Waals surface area contributed by atoms with E-state index < -0.39 is 18.2 Å². The highest BCUT2D eigenvalue weighted by atomic mass is 16.7. The van der Waals surface area contributed by atoms with E-state index >= 15 is 0 Å². The highest BCUT2D eigenvalue weighted by Gasteiger charge is 2.20. The Labute approximate surface area is 128 Å². The van der Waals surface area contributed by atoms with Gasteiger partial charge in [-0.2, -0.15) is 0 Å². The van der Waals surface area contributed by atoms with Gasteiger partial charge < -0.3 is 9.47 Å². The zero-order valence-corrected chi connectivity index (χ0v) is 14.0. The second-order valence-electron chi connectivity index (χ2n) is 6.61. The van der Waals surface area contributed by atoms with Crippen molar-refractivity contribution in [2.45, 2.75) is 66.6 Å². The molecule has 4 nitrogen and oxygen atoms in total. The van der Waals surface area contributed by atoms with Crippen LogP contribution in [0.5, 0.6) is 0 Å². The summed E-state index contributed by atoms with van der Waals surface area (Å²) in [6, 6.07) is 0. The van der Waals surface area contributed by atoms with E-state index in [2.05, 4.69) is 33.9 Å². The maximum absolute atomic E-state index is 11.6. The van der Waals surface area contributed by atoms with Gasteiger partial charge in [0.25, 0.3) is 0 Å². The van der Waals surface area contributed by atoms with Crippen LogP contribution in [0, 0.1) is 5.41 Å². The van der Waals surface area contributed by atoms with Gasteiger partial charge in [0.05, 0.1) is 0 Å². The minimum atomic E-state index is -0.877. The third-order valence-electron chi connectivity index (χ3n) is 2.79. The molecule has 0 rings (SSSR count). The first-order chi connectivity index (χ1) is 9.53. The van der Waals surface area contributed by atoms with Gasteiger partial charge in [-0.25, -0.2) is 9.59 Å². The Morgan fingerprint density at radius 3 is 1.71 bits per heavy atom. The number of hydrogen-bond acceptors (Lipinski definition) is 4. The van der Waals surface area contributed by atoms with Crippen LogP contribution in [-0.2, 0) is 19.1 Å². The summed E-state index contributed by atoms with van der Waals surface area (Å²) in [6.07, 6.45) is 2.46. The minimum absolute atomic E-state index is 0.262. The molecule has 0 amide bonds. The molecule has 0 fully saturated rings. The standard InChI is InChI=1S/C17H28O4/c1-12(2)15(18)20-14(21-16(19)13(3)4)10-8-9-11-17(5,6)7/h14H,1,3,8-11H2,2,4-7H3. The van der Waals surface area contributed by atoms with E-state index in [1.54, 1.807) is 13.8 Å². The van der Waals surface area contributed by atoms with Crippen LogP contribution < -0.4 is 0 Å². The molecule has 0 saturated heterocycles. The number of rotatable bonds is 8. The fraction of sp³-hybridized carbons (Fsp3) is 0.647. The molecular formula is C17H28O4. The Balaban J connectivity index is 4.44. The molecule has 0 heterocycles. The molecule has 21 heavy (non-hydrogen) atoms. The third-order valence-corrected chi connectivity index (χ3v) is 2.79. The summed E-state index contributed by atoms with van der Waals surface area (Å²) in [7, 11) is 0. The Kier molecular flexibility index (Phi) is 8.00. The van der Waals surface area contributed by atoms with E-state index in [0.717, 1.165) is 19.3 Å². The first kappa shape index (κ1) is 19.4. The molecule has 0 unspecified atom stereocenters. The molecule has 0 aromatic rings. The van der Waals surface area contributed by atoms with Crippen molar-refractivity contribution in [2.24, 2.45) is 5.41 Å². The second kappa shape index (κ2) is 8.65. The van der Waals surface area contributed by atoms with Gasteiger partial charge in [0, 0.05) is 17.6 Å². The molecule has 0 aromatic carbocycles. The molecule has 4 heteroatoms. The summed E-state index contributed by atoms with van der Waals surface area (Å²) in [5, 5.41) is 0. The fourth-order valence-electron chi connectivity index (χ4n) is 1.55. The predicted molar refractivity (Wildman–Crippen MR) is 83.5 cm³/mol. The first-order valence-corrected chi connectivity index (χ1v) is 7.26. The van der Waals surface area contributed by atoms with E-state index in [1.165, 1.54) is 0 Å². The van der Waals surface area contributed by atoms with E-state index in [0.29, 0.717) is 6.42 Å². The number of carbonyl (C=O) groups is 2. The average molecular weight is 296 g/mol. The van der Waals surface area contributed by atoms with Gasteiger partial charge in [0.2, 0.25) is 6.29 Å². The minimum Gasteiger partial charge on any atom is -0.422 e. The van der Waals surface area contributed by atoms with Crippen LogP contribution in [-0.4, -0.2) is 18.2 Å². The van der Waals surface area contributed by atoms with Crippen LogP contribution in [0.2, 0.25) is 0 Å². The van der Waals surface area contributed by atoms with Crippen LogP contribution in [0.4, 0.5) is 0 Å². The Morgan fingerprint density at radius 2 is 1.38 bits per heavy atom. The summed E-state index contributed by atoms with van der Waals surface area (Å²) < 4.78 is 10.3. The van der Waals surface area contributed by atoms with E-state index in [-0.39, 0.29) is 16.6 Å². The highest BCUT2D eigenvalue weighted by Crippen LogP contribution is 2.23. The van der Waals surface area contributed by atoms with Gasteiger partial charge in [-0.1, -0.05) is 40.3 Å². The number of hydrogen-bond donors (Lipinski definition) is 0. The lowest BCUT2D eigenvalue weighted by Gasteiger charge is -2.20. The summed E-state index contributed by atoms with van der Waals surface area (Å²) in [5.41, 5.74) is 0.820. The Hall–Kier alpha value is -1.58. The van der Waals surface area contributed by atoms with Crippen molar-refractivity contribution in [3.05, 3.63) is 24.3 Å². The van der Waals surface area contributed by atoms with Gasteiger partial charge >= 0.3 is 11.9 Å². The Morgan fingerprint density at radius 1 is 0.952 bits per heavy atom. The number of ether oxygens (including phenoxy) is 2. The van der Waals surface area contributed by atoms with Crippen LogP contribution in [0.3, 0.4) is 0 Å². The summed E-state index contributed by atoms with van der Waals surface area (Å²) >= 11 is 0. The molecule has 0 spiro atoms. The summed E-state index contributed by atoms with van der Waals surface area (Å²) in [4.78, 5) is 23.1. The van der Waals surface area contributed by atoms with E-state index in [1.807, 2.05) is 0 Å². The summed E-state index contributed by atoms with van der Waals surface area (Å²) in [5.74, 6) is -1.10. The van der Waals surface area contributed by atoms with E-state index in [4.69, 9.17) is 9.47 Å². The zero-order chi connectivity index (χ0) is 16.6. The summed E-state index contributed by atoms with van der Waals surface area (Å²) in [6.45, 7) is 16.7. The molecular weight excluding hydrogens is 268 g/mol. The van der Waals surface area contributed by atoms with Crippen molar-refractivity contribution >= 4 is 11.9 Å². The molecule has 0 atom stereocenters. The lowest BCUT2D eigenvalue weighted by atomic mass is 9.89. The normalized spacial score (nSPS) is 11.1. The van der Waals surface area contributed by atoms with Crippen LogP contribution in [0.15, 0.2) is 24.3 Å². The molecule has 0 saturated carbocycles. The average Bonchev–Trinajstić information content (AvgIpc) is 2.32. The van der Waals surface area contributed by atoms with Crippen molar-refractivity contribution in [3.8, 4) is 0 Å². The molecule has 0 bridgehead atoms. The molecule has 0 radical (unpaired) electrons. The van der Waals surface area contributed by atoms with Gasteiger partial charge in [0.15, 0.2) is 0 Å². The van der Waals surface area contributed by atoms with Gasteiger partial charge in [0.1, 0.15) is 0 Å². The molecule has 0 aromatic heterocycles. The number of unbranched alkanes of at least 4 members (excludes halogenated alkanes) is 1. The largest absolute Gasteiger partial charge is 0.422 e. The SMILES string of the molecule is C=C(C)C(=O)OC(CCCCC(C)(C)C)OC(=O)C(=C)C. The maximum atomic E-state index is 11.6. The van der Waals surface area contributed by atoms with Crippen LogP contribution in [0.25, 0.3) is 0 Å². The third kappa shape index (κ3) is 9.88. The van der Waals surface area contributed by atoms with Gasteiger partial charge in [-0.05, 0) is 32.1 Å². The molecule has 0 aliphatic rings. The molecule has 120 valence electrons. The van der Waals surface area contributed by atoms with Crippen molar-refractivity contribution in [1.29, 1.82) is 0 Å². The Bertz CT molecular complexity index is 374. The monoisotopic (exact) mass is 296 g/mol. The molecule has 0 N–H and O–H groups in total. The van der Waals surface area contributed by atoms with Gasteiger partial charge in [-0.3, -0.25) is 0 Å². The fourth-order valence-corrected chi connectivity index (χ4v) is 1.55. The first-order valence-electron chi connectivity index (χ1n) is 7.26. The number of carbonyl (C=O) groups excluding carboxylic acids is 2. The number of esters is 2. The molecule has 0 aliphatic heterocycles. The lowest BCUT2D eigenvalue weighted by Crippen LogP contribution is -2.25. The van der Waals surface area contributed by atoms with E-state index in [9.17, 15) is 9.59 Å². The quantitative estimate of drug-likeness (QED) is 0.292. The van der Waals surface area contributed by atoms with Crippen molar-refractivity contribution in [2.75, 3.05) is 0 Å². The van der Waals surface area contributed by atoms with Crippen LogP contribution in [0.1, 0.15) is 60.3 Å². The molecule has 0 aliphatic carbocycles.